The van der Waals surface area contributed by atoms with E-state index >= 15 is 0 Å². The van der Waals surface area contributed by atoms with Crippen LogP contribution in [0.5, 0.6) is 5.75 Å². The first-order chi connectivity index (χ1) is 11.1. The van der Waals surface area contributed by atoms with Gasteiger partial charge in [-0.05, 0) is 97.3 Å². The van der Waals surface area contributed by atoms with Crippen LogP contribution in [0.1, 0.15) is 82.3 Å². The van der Waals surface area contributed by atoms with Crippen LogP contribution in [0.25, 0.3) is 0 Å². The average Bonchev–Trinajstić information content (AvgIpc) is 2.89. The maximum absolute atomic E-state index is 9.79. The molecule has 5 atom stereocenters. The third-order valence-electron chi connectivity index (χ3n) is 7.81. The van der Waals surface area contributed by atoms with Crippen LogP contribution in [0, 0.1) is 23.2 Å². The summed E-state index contributed by atoms with van der Waals surface area (Å²) in [7, 11) is 0. The highest BCUT2D eigenvalue weighted by Crippen LogP contribution is 2.63. The first kappa shape index (κ1) is 15.5. The van der Waals surface area contributed by atoms with E-state index in [1.165, 1.54) is 63.4 Å². The molecule has 2 fully saturated rings. The van der Waals surface area contributed by atoms with E-state index in [0.29, 0.717) is 11.2 Å². The fraction of sp³-hybridized carbons (Fsp3) is 0.727. The standard InChI is InChI=1S/C22H32O/c1-3-4-5-16-7-11-21-20-9-6-15-14-17(23)8-10-18(15)19(20)12-13-22(16,21)2/h8,10,14,16,19-21,23H,3-7,9,11-13H2,1-2H3/t16-,19?,20?,21?,22?/m0/s1. The number of phenols is 1. The molecule has 0 aliphatic heterocycles. The molecule has 1 aromatic carbocycles. The molecular formula is C22H32O. The van der Waals surface area contributed by atoms with Gasteiger partial charge in [0.15, 0.2) is 0 Å². The van der Waals surface area contributed by atoms with Gasteiger partial charge in [-0.3, -0.25) is 0 Å². The van der Waals surface area contributed by atoms with E-state index in [0.717, 1.165) is 23.7 Å². The van der Waals surface area contributed by atoms with Crippen LogP contribution in [0.2, 0.25) is 0 Å². The largest absolute Gasteiger partial charge is 0.508 e. The number of hydrogen-bond donors (Lipinski definition) is 1. The van der Waals surface area contributed by atoms with Gasteiger partial charge in [-0.2, -0.15) is 0 Å². The lowest BCUT2D eigenvalue weighted by Gasteiger charge is -2.51. The van der Waals surface area contributed by atoms with E-state index < -0.39 is 0 Å². The molecule has 0 saturated heterocycles. The maximum Gasteiger partial charge on any atom is 0.115 e. The summed E-state index contributed by atoms with van der Waals surface area (Å²) in [5.74, 6) is 4.04. The Bertz CT molecular complexity index is 577. The average molecular weight is 312 g/mol. The lowest BCUT2D eigenvalue weighted by Crippen LogP contribution is -2.42. The molecule has 1 nitrogen and oxygen atoms in total. The molecule has 0 heterocycles. The second-order valence-electron chi connectivity index (χ2n) is 8.76. The highest BCUT2D eigenvalue weighted by Gasteiger charge is 2.54. The SMILES string of the molecule is CCCC[C@H]1CCC2C3CCc4cc(O)ccc4C3CCC21C. The Morgan fingerprint density at radius 2 is 2.04 bits per heavy atom. The van der Waals surface area contributed by atoms with Crippen LogP contribution in [0.3, 0.4) is 0 Å². The molecule has 126 valence electrons. The van der Waals surface area contributed by atoms with Gasteiger partial charge in [0.05, 0.1) is 0 Å². The Balaban J connectivity index is 1.59. The van der Waals surface area contributed by atoms with Crippen LogP contribution < -0.4 is 0 Å². The minimum atomic E-state index is 0.448. The number of aromatic hydroxyl groups is 1. The van der Waals surface area contributed by atoms with Crippen molar-refractivity contribution < 1.29 is 5.11 Å². The van der Waals surface area contributed by atoms with E-state index in [1.54, 1.807) is 5.56 Å². The zero-order chi connectivity index (χ0) is 16.0. The van der Waals surface area contributed by atoms with Gasteiger partial charge < -0.3 is 5.11 Å². The van der Waals surface area contributed by atoms with Crippen molar-refractivity contribution >= 4 is 0 Å². The zero-order valence-corrected chi connectivity index (χ0v) is 14.9. The number of aryl methyl sites for hydroxylation is 1. The fourth-order valence-electron chi connectivity index (χ4n) is 6.60. The van der Waals surface area contributed by atoms with E-state index in [-0.39, 0.29) is 0 Å². The second-order valence-corrected chi connectivity index (χ2v) is 8.76. The van der Waals surface area contributed by atoms with Gasteiger partial charge >= 0.3 is 0 Å². The van der Waals surface area contributed by atoms with E-state index in [2.05, 4.69) is 19.9 Å². The summed E-state index contributed by atoms with van der Waals surface area (Å²) < 4.78 is 0. The molecule has 23 heavy (non-hydrogen) atoms. The molecule has 0 aromatic heterocycles. The molecule has 1 aromatic rings. The van der Waals surface area contributed by atoms with Crippen molar-refractivity contribution in [1.82, 2.24) is 0 Å². The lowest BCUT2D eigenvalue weighted by atomic mass is 9.54. The molecule has 3 aliphatic rings. The van der Waals surface area contributed by atoms with Crippen molar-refractivity contribution in [2.45, 2.75) is 77.6 Å². The predicted molar refractivity (Wildman–Crippen MR) is 95.7 cm³/mol. The molecule has 4 unspecified atom stereocenters. The van der Waals surface area contributed by atoms with Crippen LogP contribution in [-0.4, -0.2) is 5.11 Å². The molecule has 3 aliphatic carbocycles. The summed E-state index contributed by atoms with van der Waals surface area (Å²) in [5.41, 5.74) is 3.61. The summed E-state index contributed by atoms with van der Waals surface area (Å²) in [6.45, 7) is 4.96. The third-order valence-corrected chi connectivity index (χ3v) is 7.81. The number of phenolic OH excluding ortho intramolecular Hbond substituents is 1. The normalized spacial score (nSPS) is 38.7. The quantitative estimate of drug-likeness (QED) is 0.719. The summed E-state index contributed by atoms with van der Waals surface area (Å²) >= 11 is 0. The minimum Gasteiger partial charge on any atom is -0.508 e. The van der Waals surface area contributed by atoms with Crippen LogP contribution in [0.15, 0.2) is 18.2 Å². The van der Waals surface area contributed by atoms with Gasteiger partial charge in [0.2, 0.25) is 0 Å². The van der Waals surface area contributed by atoms with Crippen molar-refractivity contribution in [3.63, 3.8) is 0 Å². The first-order valence-electron chi connectivity index (χ1n) is 9.95. The van der Waals surface area contributed by atoms with Gasteiger partial charge in [0.25, 0.3) is 0 Å². The maximum atomic E-state index is 9.79. The highest BCUT2D eigenvalue weighted by molar-refractivity contribution is 5.40. The van der Waals surface area contributed by atoms with Crippen molar-refractivity contribution in [2.75, 3.05) is 0 Å². The summed E-state index contributed by atoms with van der Waals surface area (Å²) in [4.78, 5) is 0. The number of unbranched alkanes of at least 4 members (excludes halogenated alkanes) is 1. The molecular weight excluding hydrogens is 280 g/mol. The Morgan fingerprint density at radius 3 is 2.87 bits per heavy atom. The molecule has 1 heteroatoms. The Kier molecular flexibility index (Phi) is 3.94. The van der Waals surface area contributed by atoms with E-state index in [9.17, 15) is 5.11 Å². The molecule has 2 saturated carbocycles. The topological polar surface area (TPSA) is 20.2 Å². The molecule has 0 bridgehead atoms. The smallest absolute Gasteiger partial charge is 0.115 e. The van der Waals surface area contributed by atoms with Gasteiger partial charge in [-0.25, -0.2) is 0 Å². The number of benzene rings is 1. The molecule has 0 amide bonds. The molecule has 0 spiro atoms. The van der Waals surface area contributed by atoms with Crippen molar-refractivity contribution in [3.05, 3.63) is 29.3 Å². The summed E-state index contributed by atoms with van der Waals surface area (Å²) in [6, 6.07) is 6.17. The Morgan fingerprint density at radius 1 is 1.17 bits per heavy atom. The van der Waals surface area contributed by atoms with Crippen LogP contribution in [-0.2, 0) is 6.42 Å². The van der Waals surface area contributed by atoms with E-state index in [1.807, 2.05) is 12.1 Å². The zero-order valence-electron chi connectivity index (χ0n) is 14.9. The number of rotatable bonds is 3. The van der Waals surface area contributed by atoms with Gasteiger partial charge in [0, 0.05) is 0 Å². The van der Waals surface area contributed by atoms with Crippen molar-refractivity contribution in [2.24, 2.45) is 23.2 Å². The minimum absolute atomic E-state index is 0.448. The Hall–Kier alpha value is -0.980. The fourth-order valence-corrected chi connectivity index (χ4v) is 6.60. The van der Waals surface area contributed by atoms with Crippen molar-refractivity contribution in [1.29, 1.82) is 0 Å². The van der Waals surface area contributed by atoms with Crippen molar-refractivity contribution in [3.8, 4) is 5.75 Å². The van der Waals surface area contributed by atoms with Gasteiger partial charge in [0.1, 0.15) is 5.75 Å². The number of fused-ring (bicyclic) bond motifs is 5. The number of hydrogen-bond acceptors (Lipinski definition) is 1. The lowest BCUT2D eigenvalue weighted by molar-refractivity contribution is 0.0253. The van der Waals surface area contributed by atoms with Gasteiger partial charge in [-0.15, -0.1) is 0 Å². The summed E-state index contributed by atoms with van der Waals surface area (Å²) in [5, 5.41) is 9.79. The predicted octanol–water partition coefficient (Wildman–Crippen LogP) is 6.05. The van der Waals surface area contributed by atoms with Crippen LogP contribution >= 0.6 is 0 Å². The van der Waals surface area contributed by atoms with Crippen LogP contribution in [0.4, 0.5) is 0 Å². The van der Waals surface area contributed by atoms with E-state index in [4.69, 9.17) is 0 Å². The molecule has 4 rings (SSSR count). The molecule has 0 radical (unpaired) electrons. The highest BCUT2D eigenvalue weighted by atomic mass is 16.3. The first-order valence-corrected chi connectivity index (χ1v) is 9.95. The van der Waals surface area contributed by atoms with Gasteiger partial charge in [-0.1, -0.05) is 32.8 Å². The summed E-state index contributed by atoms with van der Waals surface area (Å²) in [6.07, 6.45) is 12.5. The second kappa shape index (κ2) is 5.83. The Labute approximate surface area is 141 Å². The monoisotopic (exact) mass is 312 g/mol. The third kappa shape index (κ3) is 2.42. The molecule has 1 N–H and O–H groups in total.